The molecule has 1 fully saturated rings. The van der Waals surface area contributed by atoms with Crippen LogP contribution in [0.5, 0.6) is 5.88 Å². The Morgan fingerprint density at radius 3 is 2.42 bits per heavy atom. The van der Waals surface area contributed by atoms with E-state index in [0.717, 1.165) is 68.4 Å². The molecule has 2 amide bonds. The maximum atomic E-state index is 12.9. The van der Waals surface area contributed by atoms with Crippen LogP contribution in [0, 0.1) is 0 Å². The van der Waals surface area contributed by atoms with Gasteiger partial charge >= 0.3 is 29.6 Å². The summed E-state index contributed by atoms with van der Waals surface area (Å²) in [6, 6.07) is 1.58. The van der Waals surface area contributed by atoms with Crippen molar-refractivity contribution in [3.8, 4) is 5.88 Å². The molecule has 1 saturated heterocycles. The first kappa shape index (κ1) is 23.2. The Balaban J connectivity index is 0.00000228. The van der Waals surface area contributed by atoms with Crippen molar-refractivity contribution in [2.45, 2.75) is 62.4 Å². The molecule has 3 heterocycles. The molecule has 0 radical (unpaired) electrons. The zero-order valence-electron chi connectivity index (χ0n) is 18.8. The third kappa shape index (κ3) is 4.10. The van der Waals surface area contributed by atoms with Gasteiger partial charge in [-0.1, -0.05) is 6.07 Å². The van der Waals surface area contributed by atoms with E-state index in [1.807, 2.05) is 0 Å². The van der Waals surface area contributed by atoms with Gasteiger partial charge < -0.3 is 14.8 Å². The van der Waals surface area contributed by atoms with Crippen LogP contribution in [0.25, 0.3) is 4.72 Å². The van der Waals surface area contributed by atoms with E-state index in [4.69, 9.17) is 4.74 Å². The summed E-state index contributed by atoms with van der Waals surface area (Å²) in [5.74, 6) is 0.166. The number of likely N-dealkylation sites (tertiary alicyclic amines) is 1. The summed E-state index contributed by atoms with van der Waals surface area (Å²) in [6.45, 7) is 3.03. The van der Waals surface area contributed by atoms with Crippen LogP contribution in [0.2, 0.25) is 0 Å². The number of ether oxygens (including phenoxy) is 1. The average molecular weight is 480 g/mol. The number of aromatic nitrogens is 2. The van der Waals surface area contributed by atoms with E-state index >= 15 is 0 Å². The molecule has 0 spiro atoms. The van der Waals surface area contributed by atoms with Crippen molar-refractivity contribution >= 4 is 21.7 Å². The Hall–Kier alpha value is -1.59. The first-order valence-electron chi connectivity index (χ1n) is 11.4. The van der Waals surface area contributed by atoms with Gasteiger partial charge in [0.15, 0.2) is 10.9 Å². The molecule has 170 valence electrons. The Labute approximate surface area is 215 Å². The van der Waals surface area contributed by atoms with E-state index in [2.05, 4.69) is 26.1 Å². The van der Waals surface area contributed by atoms with Gasteiger partial charge in [-0.15, -0.1) is 0 Å². The number of hydrogen-bond acceptors (Lipinski definition) is 6. The molecule has 4 aliphatic rings. The summed E-state index contributed by atoms with van der Waals surface area (Å²) in [5.41, 5.74) is 5.58. The predicted molar refractivity (Wildman–Crippen MR) is 118 cm³/mol. The van der Waals surface area contributed by atoms with Crippen molar-refractivity contribution in [3.63, 3.8) is 0 Å². The van der Waals surface area contributed by atoms with E-state index in [1.54, 1.807) is 4.68 Å². The van der Waals surface area contributed by atoms with Crippen molar-refractivity contribution < 1.29 is 47.5 Å². The van der Waals surface area contributed by atoms with Crippen LogP contribution in [0.3, 0.4) is 0 Å². The second-order valence-electron chi connectivity index (χ2n) is 9.08. The quantitative estimate of drug-likeness (QED) is 0.600. The number of benzene rings is 1. The van der Waals surface area contributed by atoms with Gasteiger partial charge in [0, 0.05) is 0 Å². The molecule has 2 aliphatic heterocycles. The SMILES string of the molecule is O=C([N-]S(=O)(=O)c1cnn2c1OCC(N1CCC1)C2)Nc1c2c(cc3c1CCC3)CCC2.[Na+]. The van der Waals surface area contributed by atoms with Crippen LogP contribution in [0.4, 0.5) is 10.5 Å². The minimum Gasteiger partial charge on any atom is -0.475 e. The van der Waals surface area contributed by atoms with Gasteiger partial charge in [0.1, 0.15) is 6.61 Å². The van der Waals surface area contributed by atoms with Crippen LogP contribution < -0.4 is 39.6 Å². The van der Waals surface area contributed by atoms with Crippen molar-refractivity contribution in [3.05, 3.63) is 39.2 Å². The minimum atomic E-state index is -4.24. The normalized spacial score (nSPS) is 21.2. The fraction of sp³-hybridized carbons (Fsp3) is 0.545. The number of rotatable bonds is 4. The number of carbonyl (C=O) groups is 1. The Kier molecular flexibility index (Phi) is 6.24. The number of aryl methyl sites for hydroxylation is 2. The first-order valence-corrected chi connectivity index (χ1v) is 12.8. The molecule has 2 aromatic rings. The molecule has 11 heteroatoms. The summed E-state index contributed by atoms with van der Waals surface area (Å²) in [4.78, 5) is 14.9. The van der Waals surface area contributed by atoms with Crippen molar-refractivity contribution in [2.75, 3.05) is 25.0 Å². The first-order chi connectivity index (χ1) is 15.5. The molecule has 0 bridgehead atoms. The van der Waals surface area contributed by atoms with Gasteiger partial charge in [-0.05, 0) is 86.0 Å². The number of urea groups is 1. The van der Waals surface area contributed by atoms with Gasteiger partial charge in [-0.2, -0.15) is 5.10 Å². The summed E-state index contributed by atoms with van der Waals surface area (Å²) in [5, 5.41) is 7.01. The fourth-order valence-corrected chi connectivity index (χ4v) is 6.35. The maximum absolute atomic E-state index is 12.9. The van der Waals surface area contributed by atoms with Crippen LogP contribution in [-0.2, 0) is 42.3 Å². The molecule has 9 nitrogen and oxygen atoms in total. The van der Waals surface area contributed by atoms with E-state index in [0.29, 0.717) is 13.2 Å². The third-order valence-corrected chi connectivity index (χ3v) is 8.39. The zero-order chi connectivity index (χ0) is 21.9. The second-order valence-corrected chi connectivity index (χ2v) is 10.7. The number of sulfonamides is 1. The number of amides is 2. The molecule has 6 rings (SSSR count). The summed E-state index contributed by atoms with van der Waals surface area (Å²) in [7, 11) is -4.24. The van der Waals surface area contributed by atoms with E-state index < -0.39 is 16.1 Å². The summed E-state index contributed by atoms with van der Waals surface area (Å²) >= 11 is 0. The number of nitrogens with zero attached hydrogens (tertiary/aromatic N) is 4. The number of carbonyl (C=O) groups excluding carboxylic acids is 1. The topological polar surface area (TPSA) is 108 Å². The number of nitrogens with one attached hydrogen (secondary N) is 1. The van der Waals surface area contributed by atoms with Gasteiger partial charge in [-0.3, -0.25) is 9.69 Å². The molecule has 1 N–H and O–H groups in total. The average Bonchev–Trinajstić information content (AvgIpc) is 3.44. The van der Waals surface area contributed by atoms with Crippen LogP contribution in [0.15, 0.2) is 17.2 Å². The molecular weight excluding hydrogens is 453 g/mol. The molecule has 2 aliphatic carbocycles. The van der Waals surface area contributed by atoms with E-state index in [9.17, 15) is 13.2 Å². The van der Waals surface area contributed by atoms with Gasteiger partial charge in [-0.25, -0.2) is 13.1 Å². The molecular formula is C22H26N5NaO4S. The molecule has 1 aromatic heterocycles. The van der Waals surface area contributed by atoms with Crippen LogP contribution in [-0.4, -0.2) is 54.9 Å². The van der Waals surface area contributed by atoms with Gasteiger partial charge in [0.2, 0.25) is 15.9 Å². The van der Waals surface area contributed by atoms with Crippen molar-refractivity contribution in [1.82, 2.24) is 14.7 Å². The largest absolute Gasteiger partial charge is 1.00 e. The Bertz CT molecular complexity index is 1180. The number of fused-ring (bicyclic) bond motifs is 3. The Morgan fingerprint density at radius 2 is 1.79 bits per heavy atom. The van der Waals surface area contributed by atoms with Gasteiger partial charge in [0.25, 0.3) is 0 Å². The molecule has 33 heavy (non-hydrogen) atoms. The molecule has 1 aromatic carbocycles. The molecule has 0 saturated carbocycles. The third-order valence-electron chi connectivity index (χ3n) is 7.15. The van der Waals surface area contributed by atoms with Crippen molar-refractivity contribution in [2.24, 2.45) is 0 Å². The number of anilines is 1. The standard InChI is InChI=1S/C22H27N5O4S.Na/c28-22(24-20-17-6-1-4-14(17)10-15-5-2-7-18(15)20)25-32(29,30)19-11-23-27-12-16(13-31-21(19)27)26-8-3-9-26;/h10-11,16H,1-9,12-13H2,(H2,24,25,28);/q;+1/p-1. The molecule has 1 unspecified atom stereocenters. The second kappa shape index (κ2) is 8.88. The smallest absolute Gasteiger partial charge is 0.475 e. The van der Waals surface area contributed by atoms with E-state index in [-0.39, 0.29) is 46.4 Å². The summed E-state index contributed by atoms with van der Waals surface area (Å²) in [6.07, 6.45) is 8.30. The van der Waals surface area contributed by atoms with E-state index in [1.165, 1.54) is 23.7 Å². The van der Waals surface area contributed by atoms with Crippen LogP contribution >= 0.6 is 0 Å². The zero-order valence-corrected chi connectivity index (χ0v) is 21.7. The van der Waals surface area contributed by atoms with Gasteiger partial charge in [0.05, 0.1) is 18.8 Å². The predicted octanol–water partition coefficient (Wildman–Crippen LogP) is -0.374. The number of hydrogen-bond donors (Lipinski definition) is 1. The fourth-order valence-electron chi connectivity index (χ4n) is 5.42. The van der Waals surface area contributed by atoms with Crippen molar-refractivity contribution in [1.29, 1.82) is 0 Å². The monoisotopic (exact) mass is 479 g/mol. The molecule has 1 atom stereocenters. The summed E-state index contributed by atoms with van der Waals surface area (Å²) < 4.78 is 36.8. The Morgan fingerprint density at radius 1 is 1.09 bits per heavy atom. The minimum absolute atomic E-state index is 0. The van der Waals surface area contributed by atoms with Crippen LogP contribution in [0.1, 0.15) is 41.5 Å². The maximum Gasteiger partial charge on any atom is 1.00 e.